The van der Waals surface area contributed by atoms with E-state index in [1.54, 1.807) is 6.20 Å². The summed E-state index contributed by atoms with van der Waals surface area (Å²) < 4.78 is 27.8. The number of fused-ring (bicyclic) bond motifs is 1. The molecule has 2 unspecified atom stereocenters. The van der Waals surface area contributed by atoms with Crippen LogP contribution >= 0.6 is 0 Å². The molecule has 2 heterocycles. The zero-order chi connectivity index (χ0) is 15.6. The summed E-state index contributed by atoms with van der Waals surface area (Å²) in [5.41, 5.74) is 1.49. The molecule has 1 aliphatic heterocycles. The molecule has 0 spiro atoms. The summed E-state index contributed by atoms with van der Waals surface area (Å²) in [7, 11) is -3.39. The first kappa shape index (κ1) is 15.4. The second-order valence-electron chi connectivity index (χ2n) is 5.86. The molecule has 2 aromatic rings. The molecule has 1 aliphatic rings. The molecule has 0 amide bonds. The summed E-state index contributed by atoms with van der Waals surface area (Å²) >= 11 is 0. The van der Waals surface area contributed by atoms with Crippen LogP contribution in [0, 0.1) is 0 Å². The molecule has 118 valence electrons. The van der Waals surface area contributed by atoms with Crippen LogP contribution in [0.4, 0.5) is 0 Å². The zero-order valence-corrected chi connectivity index (χ0v) is 13.4. The third kappa shape index (κ3) is 3.45. The van der Waals surface area contributed by atoms with Gasteiger partial charge >= 0.3 is 0 Å². The van der Waals surface area contributed by atoms with Crippen molar-refractivity contribution < 1.29 is 8.42 Å². The Bertz CT molecular complexity index is 756. The van der Waals surface area contributed by atoms with Crippen molar-refractivity contribution in [1.29, 1.82) is 0 Å². The smallest absolute Gasteiger partial charge is 0.216 e. The maximum absolute atomic E-state index is 12.5. The van der Waals surface area contributed by atoms with Crippen LogP contribution < -0.4 is 10.0 Å². The second kappa shape index (κ2) is 6.32. The zero-order valence-electron chi connectivity index (χ0n) is 12.6. The average Bonchev–Trinajstić information content (AvgIpc) is 2.49. The number of sulfonamides is 1. The van der Waals surface area contributed by atoms with E-state index in [1.165, 1.54) is 0 Å². The van der Waals surface area contributed by atoms with Crippen LogP contribution in [0.15, 0.2) is 36.5 Å². The van der Waals surface area contributed by atoms with E-state index in [-0.39, 0.29) is 17.8 Å². The molecule has 6 heteroatoms. The fourth-order valence-corrected chi connectivity index (χ4v) is 4.47. The Kier molecular flexibility index (Phi) is 4.42. The predicted octanol–water partition coefficient (Wildman–Crippen LogP) is 1.79. The molecule has 1 saturated heterocycles. The number of hydrogen-bond donors (Lipinski definition) is 2. The molecular formula is C16H21N3O2S. The van der Waals surface area contributed by atoms with Crippen LogP contribution in [0.2, 0.25) is 0 Å². The predicted molar refractivity (Wildman–Crippen MR) is 88.0 cm³/mol. The van der Waals surface area contributed by atoms with E-state index in [0.717, 1.165) is 35.9 Å². The number of nitrogens with zero attached hydrogens (tertiary/aromatic N) is 1. The van der Waals surface area contributed by atoms with Gasteiger partial charge in [0.1, 0.15) is 0 Å². The molecule has 3 rings (SSSR count). The lowest BCUT2D eigenvalue weighted by Crippen LogP contribution is -2.52. The minimum Gasteiger partial charge on any atom is -0.313 e. The molecule has 0 radical (unpaired) electrons. The highest BCUT2D eigenvalue weighted by atomic mass is 32.2. The lowest BCUT2D eigenvalue weighted by atomic mass is 10.0. The molecule has 22 heavy (non-hydrogen) atoms. The van der Waals surface area contributed by atoms with E-state index in [2.05, 4.69) is 15.0 Å². The van der Waals surface area contributed by atoms with Gasteiger partial charge < -0.3 is 5.32 Å². The third-order valence-corrected chi connectivity index (χ3v) is 5.51. The van der Waals surface area contributed by atoms with Crippen molar-refractivity contribution >= 4 is 20.9 Å². The van der Waals surface area contributed by atoms with Gasteiger partial charge in [-0.15, -0.1) is 0 Å². The fraction of sp³-hybridized carbons (Fsp3) is 0.438. The Balaban J connectivity index is 1.81. The molecule has 2 N–H and O–H groups in total. The SMILES string of the molecule is CC1NCCCC1NS(=O)(=O)Cc1cccc2cccnc12. The number of para-hydroxylation sites is 1. The van der Waals surface area contributed by atoms with Crippen LogP contribution in [0.25, 0.3) is 10.9 Å². The van der Waals surface area contributed by atoms with Crippen molar-refractivity contribution in [2.24, 2.45) is 0 Å². The number of pyridine rings is 1. The van der Waals surface area contributed by atoms with Gasteiger partial charge in [0.25, 0.3) is 0 Å². The highest BCUT2D eigenvalue weighted by Crippen LogP contribution is 2.19. The minimum absolute atomic E-state index is 0.0371. The van der Waals surface area contributed by atoms with Crippen molar-refractivity contribution in [3.8, 4) is 0 Å². The first-order valence-corrected chi connectivity index (χ1v) is 9.26. The van der Waals surface area contributed by atoms with Crippen LogP contribution in [-0.2, 0) is 15.8 Å². The highest BCUT2D eigenvalue weighted by Gasteiger charge is 2.26. The fourth-order valence-electron chi connectivity index (χ4n) is 2.97. The molecule has 0 bridgehead atoms. The number of hydrogen-bond acceptors (Lipinski definition) is 4. The Morgan fingerprint density at radius 2 is 2.14 bits per heavy atom. The lowest BCUT2D eigenvalue weighted by molar-refractivity contribution is 0.348. The van der Waals surface area contributed by atoms with Gasteiger partial charge in [-0.25, -0.2) is 13.1 Å². The summed E-state index contributed by atoms with van der Waals surface area (Å²) in [6, 6.07) is 9.57. The Labute approximate surface area is 131 Å². The van der Waals surface area contributed by atoms with Crippen molar-refractivity contribution in [1.82, 2.24) is 15.0 Å². The van der Waals surface area contributed by atoms with E-state index >= 15 is 0 Å². The van der Waals surface area contributed by atoms with Crippen LogP contribution in [-0.4, -0.2) is 32.0 Å². The average molecular weight is 319 g/mol. The topological polar surface area (TPSA) is 71.1 Å². The molecular weight excluding hydrogens is 298 g/mol. The van der Waals surface area contributed by atoms with Gasteiger partial charge in [0.05, 0.1) is 11.3 Å². The monoisotopic (exact) mass is 319 g/mol. The summed E-state index contributed by atoms with van der Waals surface area (Å²) in [5.74, 6) is -0.0371. The van der Waals surface area contributed by atoms with Gasteiger partial charge in [-0.3, -0.25) is 4.98 Å². The van der Waals surface area contributed by atoms with Crippen LogP contribution in [0.5, 0.6) is 0 Å². The van der Waals surface area contributed by atoms with Crippen molar-refractivity contribution in [2.75, 3.05) is 6.54 Å². The molecule has 2 atom stereocenters. The van der Waals surface area contributed by atoms with E-state index in [9.17, 15) is 8.42 Å². The molecule has 1 fully saturated rings. The number of rotatable bonds is 4. The molecule has 1 aromatic heterocycles. The van der Waals surface area contributed by atoms with Gasteiger partial charge in [0.15, 0.2) is 0 Å². The maximum Gasteiger partial charge on any atom is 0.216 e. The summed E-state index contributed by atoms with van der Waals surface area (Å²) in [6.45, 7) is 2.97. The van der Waals surface area contributed by atoms with E-state index in [0.29, 0.717) is 0 Å². The van der Waals surface area contributed by atoms with Gasteiger partial charge in [-0.05, 0) is 37.9 Å². The summed E-state index contributed by atoms with van der Waals surface area (Å²) in [6.07, 6.45) is 3.56. The number of piperidine rings is 1. The van der Waals surface area contributed by atoms with Gasteiger partial charge in [0, 0.05) is 23.7 Å². The molecule has 1 aromatic carbocycles. The van der Waals surface area contributed by atoms with Gasteiger partial charge in [-0.1, -0.05) is 24.3 Å². The normalized spacial score (nSPS) is 22.8. The second-order valence-corrected chi connectivity index (χ2v) is 7.61. The van der Waals surface area contributed by atoms with Gasteiger partial charge in [-0.2, -0.15) is 0 Å². The molecule has 0 saturated carbocycles. The maximum atomic E-state index is 12.5. The minimum atomic E-state index is -3.39. The highest BCUT2D eigenvalue weighted by molar-refractivity contribution is 7.88. The number of benzene rings is 1. The first-order chi connectivity index (χ1) is 10.6. The number of nitrogens with one attached hydrogen (secondary N) is 2. The van der Waals surface area contributed by atoms with E-state index < -0.39 is 10.0 Å². The Morgan fingerprint density at radius 1 is 1.32 bits per heavy atom. The summed E-state index contributed by atoms with van der Waals surface area (Å²) in [4.78, 5) is 4.32. The quantitative estimate of drug-likeness (QED) is 0.901. The molecule has 0 aliphatic carbocycles. The van der Waals surface area contributed by atoms with Crippen LogP contribution in [0.1, 0.15) is 25.3 Å². The lowest BCUT2D eigenvalue weighted by Gasteiger charge is -2.30. The van der Waals surface area contributed by atoms with Crippen molar-refractivity contribution in [2.45, 2.75) is 37.6 Å². The van der Waals surface area contributed by atoms with Crippen molar-refractivity contribution in [3.05, 3.63) is 42.1 Å². The Hall–Kier alpha value is -1.50. The first-order valence-electron chi connectivity index (χ1n) is 7.61. The standard InChI is InChI=1S/C16H21N3O2S/c1-12-15(8-4-9-17-12)19-22(20,21)11-14-6-2-5-13-7-3-10-18-16(13)14/h2-3,5-7,10,12,15,17,19H,4,8-9,11H2,1H3. The van der Waals surface area contributed by atoms with E-state index in [4.69, 9.17) is 0 Å². The number of aromatic nitrogens is 1. The third-order valence-electron chi connectivity index (χ3n) is 4.15. The largest absolute Gasteiger partial charge is 0.313 e. The summed E-state index contributed by atoms with van der Waals surface area (Å²) in [5, 5.41) is 4.27. The molecule has 5 nitrogen and oxygen atoms in total. The van der Waals surface area contributed by atoms with Crippen LogP contribution in [0.3, 0.4) is 0 Å². The van der Waals surface area contributed by atoms with Crippen molar-refractivity contribution in [3.63, 3.8) is 0 Å². The Morgan fingerprint density at radius 3 is 2.95 bits per heavy atom. The van der Waals surface area contributed by atoms with E-state index in [1.807, 2.05) is 37.3 Å². The van der Waals surface area contributed by atoms with Gasteiger partial charge in [0.2, 0.25) is 10.0 Å².